The SMILES string of the molecule is CC1CCCN(S(=O)(=O)N(C)Cc2ccccc2F)C1. The van der Waals surface area contributed by atoms with E-state index in [0.29, 0.717) is 24.6 Å². The van der Waals surface area contributed by atoms with Crippen LogP contribution in [0.2, 0.25) is 0 Å². The third-order valence-corrected chi connectivity index (χ3v) is 5.59. The van der Waals surface area contributed by atoms with Gasteiger partial charge in [-0.2, -0.15) is 17.0 Å². The molecule has 1 aliphatic rings. The van der Waals surface area contributed by atoms with E-state index in [9.17, 15) is 12.8 Å². The Morgan fingerprint density at radius 3 is 2.75 bits per heavy atom. The maximum Gasteiger partial charge on any atom is 0.282 e. The van der Waals surface area contributed by atoms with Crippen molar-refractivity contribution in [2.75, 3.05) is 20.1 Å². The van der Waals surface area contributed by atoms with Gasteiger partial charge in [0.2, 0.25) is 0 Å². The second-order valence-electron chi connectivity index (χ2n) is 5.46. The summed E-state index contributed by atoms with van der Waals surface area (Å²) in [6.45, 7) is 3.21. The van der Waals surface area contributed by atoms with Gasteiger partial charge in [-0.3, -0.25) is 0 Å². The maximum atomic E-state index is 13.6. The minimum atomic E-state index is -3.51. The fraction of sp³-hybridized carbons (Fsp3) is 0.571. The summed E-state index contributed by atoms with van der Waals surface area (Å²) in [5.41, 5.74) is 0.392. The molecule has 1 unspecified atom stereocenters. The first-order chi connectivity index (χ1) is 9.41. The molecule has 0 aromatic heterocycles. The minimum absolute atomic E-state index is 0.0554. The highest BCUT2D eigenvalue weighted by molar-refractivity contribution is 7.86. The average Bonchev–Trinajstić information content (AvgIpc) is 2.41. The van der Waals surface area contributed by atoms with E-state index in [2.05, 4.69) is 6.92 Å². The monoisotopic (exact) mass is 300 g/mol. The summed E-state index contributed by atoms with van der Waals surface area (Å²) in [6, 6.07) is 6.26. The molecular formula is C14H21FN2O2S. The van der Waals surface area contributed by atoms with Crippen molar-refractivity contribution in [3.05, 3.63) is 35.6 Å². The molecule has 4 nitrogen and oxygen atoms in total. The van der Waals surface area contributed by atoms with E-state index in [1.54, 1.807) is 18.2 Å². The van der Waals surface area contributed by atoms with Crippen molar-refractivity contribution in [2.45, 2.75) is 26.3 Å². The van der Waals surface area contributed by atoms with E-state index in [4.69, 9.17) is 0 Å². The molecule has 0 spiro atoms. The number of hydrogen-bond donors (Lipinski definition) is 0. The Morgan fingerprint density at radius 2 is 2.10 bits per heavy atom. The highest BCUT2D eigenvalue weighted by atomic mass is 32.2. The lowest BCUT2D eigenvalue weighted by atomic mass is 10.0. The van der Waals surface area contributed by atoms with Gasteiger partial charge in [-0.1, -0.05) is 25.1 Å². The van der Waals surface area contributed by atoms with Crippen molar-refractivity contribution >= 4 is 10.2 Å². The molecule has 0 N–H and O–H groups in total. The molecule has 1 atom stereocenters. The van der Waals surface area contributed by atoms with E-state index in [1.807, 2.05) is 0 Å². The van der Waals surface area contributed by atoms with Crippen molar-refractivity contribution in [3.63, 3.8) is 0 Å². The summed E-state index contributed by atoms with van der Waals surface area (Å²) < 4.78 is 41.3. The van der Waals surface area contributed by atoms with Crippen molar-refractivity contribution in [2.24, 2.45) is 5.92 Å². The maximum absolute atomic E-state index is 13.6. The number of piperidine rings is 1. The number of rotatable bonds is 4. The molecular weight excluding hydrogens is 279 g/mol. The molecule has 0 saturated carbocycles. The van der Waals surface area contributed by atoms with Gasteiger partial charge >= 0.3 is 0 Å². The van der Waals surface area contributed by atoms with Crippen molar-refractivity contribution in [3.8, 4) is 0 Å². The molecule has 0 radical (unpaired) electrons. The molecule has 2 rings (SSSR count). The van der Waals surface area contributed by atoms with Crippen LogP contribution in [0.3, 0.4) is 0 Å². The number of benzene rings is 1. The predicted octanol–water partition coefficient (Wildman–Crippen LogP) is 2.23. The highest BCUT2D eigenvalue weighted by Gasteiger charge is 2.30. The Balaban J connectivity index is 2.11. The third-order valence-electron chi connectivity index (χ3n) is 3.69. The van der Waals surface area contributed by atoms with Crippen LogP contribution in [0, 0.1) is 11.7 Å². The van der Waals surface area contributed by atoms with Crippen LogP contribution in [-0.4, -0.2) is 37.2 Å². The molecule has 1 aliphatic heterocycles. The van der Waals surface area contributed by atoms with Crippen LogP contribution in [0.25, 0.3) is 0 Å². The fourth-order valence-electron chi connectivity index (χ4n) is 2.50. The van der Waals surface area contributed by atoms with Gasteiger partial charge in [-0.15, -0.1) is 0 Å². The van der Waals surface area contributed by atoms with Crippen LogP contribution in [-0.2, 0) is 16.8 Å². The highest BCUT2D eigenvalue weighted by Crippen LogP contribution is 2.21. The lowest BCUT2D eigenvalue weighted by molar-refractivity contribution is 0.262. The normalized spacial score (nSPS) is 21.3. The molecule has 1 aromatic carbocycles. The molecule has 1 saturated heterocycles. The number of nitrogens with zero attached hydrogens (tertiary/aromatic N) is 2. The zero-order valence-electron chi connectivity index (χ0n) is 11.9. The first-order valence-electron chi connectivity index (χ1n) is 6.86. The summed E-state index contributed by atoms with van der Waals surface area (Å²) in [6.07, 6.45) is 1.94. The zero-order chi connectivity index (χ0) is 14.8. The molecule has 0 bridgehead atoms. The minimum Gasteiger partial charge on any atom is -0.207 e. The van der Waals surface area contributed by atoms with Gasteiger partial charge in [0.15, 0.2) is 0 Å². The van der Waals surface area contributed by atoms with E-state index in [0.717, 1.165) is 12.8 Å². The number of hydrogen-bond acceptors (Lipinski definition) is 2. The van der Waals surface area contributed by atoms with Crippen LogP contribution in [0.5, 0.6) is 0 Å². The first kappa shape index (κ1) is 15.4. The van der Waals surface area contributed by atoms with Gasteiger partial charge in [0.25, 0.3) is 10.2 Å². The van der Waals surface area contributed by atoms with E-state index in [-0.39, 0.29) is 12.4 Å². The van der Waals surface area contributed by atoms with Gasteiger partial charge in [0.1, 0.15) is 5.82 Å². The van der Waals surface area contributed by atoms with Gasteiger partial charge in [-0.05, 0) is 24.8 Å². The van der Waals surface area contributed by atoms with Crippen molar-refractivity contribution in [1.82, 2.24) is 8.61 Å². The standard InChI is InChI=1S/C14H21FN2O2S/c1-12-6-5-9-17(10-12)20(18,19)16(2)11-13-7-3-4-8-14(13)15/h3-4,7-8,12H,5-6,9-11H2,1-2H3. The smallest absolute Gasteiger partial charge is 0.207 e. The van der Waals surface area contributed by atoms with Gasteiger partial charge < -0.3 is 0 Å². The Labute approximate surface area is 120 Å². The molecule has 1 fully saturated rings. The molecule has 0 aliphatic carbocycles. The Morgan fingerprint density at radius 1 is 1.40 bits per heavy atom. The molecule has 112 valence electrons. The van der Waals surface area contributed by atoms with E-state index < -0.39 is 10.2 Å². The number of halogens is 1. The first-order valence-corrected chi connectivity index (χ1v) is 8.26. The van der Waals surface area contributed by atoms with Crippen molar-refractivity contribution in [1.29, 1.82) is 0 Å². The summed E-state index contributed by atoms with van der Waals surface area (Å²) >= 11 is 0. The Bertz CT molecular complexity index is 562. The Hall–Kier alpha value is -0.980. The summed E-state index contributed by atoms with van der Waals surface area (Å²) in [5, 5.41) is 0. The second kappa shape index (κ2) is 6.20. The fourth-order valence-corrected chi connectivity index (χ4v) is 4.00. The van der Waals surface area contributed by atoms with E-state index >= 15 is 0 Å². The predicted molar refractivity (Wildman–Crippen MR) is 76.8 cm³/mol. The third kappa shape index (κ3) is 3.37. The quantitative estimate of drug-likeness (QED) is 0.855. The van der Waals surface area contributed by atoms with Crippen LogP contribution in [0.1, 0.15) is 25.3 Å². The molecule has 6 heteroatoms. The molecule has 1 heterocycles. The topological polar surface area (TPSA) is 40.6 Å². The van der Waals surface area contributed by atoms with Crippen LogP contribution in [0.4, 0.5) is 4.39 Å². The molecule has 20 heavy (non-hydrogen) atoms. The Kier molecular flexibility index (Phi) is 4.78. The van der Waals surface area contributed by atoms with Crippen LogP contribution in [0.15, 0.2) is 24.3 Å². The summed E-state index contributed by atoms with van der Waals surface area (Å²) in [5.74, 6) is 0.00180. The zero-order valence-corrected chi connectivity index (χ0v) is 12.7. The lowest BCUT2D eigenvalue weighted by Crippen LogP contribution is -2.46. The van der Waals surface area contributed by atoms with Crippen molar-refractivity contribution < 1.29 is 12.8 Å². The summed E-state index contributed by atoms with van der Waals surface area (Å²) in [7, 11) is -2.01. The summed E-state index contributed by atoms with van der Waals surface area (Å²) in [4.78, 5) is 0. The van der Waals surface area contributed by atoms with Crippen LogP contribution >= 0.6 is 0 Å². The van der Waals surface area contributed by atoms with Crippen LogP contribution < -0.4 is 0 Å². The molecule has 1 aromatic rings. The largest absolute Gasteiger partial charge is 0.282 e. The van der Waals surface area contributed by atoms with E-state index in [1.165, 1.54) is 21.7 Å². The van der Waals surface area contributed by atoms with Gasteiger partial charge in [0.05, 0.1) is 0 Å². The van der Waals surface area contributed by atoms with Gasteiger partial charge in [0, 0.05) is 32.2 Å². The molecule has 0 amide bonds. The lowest BCUT2D eigenvalue weighted by Gasteiger charge is -2.33. The second-order valence-corrected chi connectivity index (χ2v) is 7.50. The average molecular weight is 300 g/mol. The van der Waals surface area contributed by atoms with Gasteiger partial charge in [-0.25, -0.2) is 4.39 Å².